The summed E-state index contributed by atoms with van der Waals surface area (Å²) in [4.78, 5) is 9.73. The Morgan fingerprint density at radius 2 is 2.00 bits per heavy atom. The average molecular weight is 262 g/mol. The Labute approximate surface area is 111 Å². The summed E-state index contributed by atoms with van der Waals surface area (Å²) < 4.78 is 0. The number of hydrogen-bond acceptors (Lipinski definition) is 5. The number of pyridine rings is 1. The lowest BCUT2D eigenvalue weighted by Gasteiger charge is -2.08. The van der Waals surface area contributed by atoms with E-state index in [4.69, 9.17) is 0 Å². The number of aromatic nitrogens is 2. The third-order valence-corrected chi connectivity index (χ3v) is 3.55. The van der Waals surface area contributed by atoms with Crippen LogP contribution in [0.4, 0.5) is 11.4 Å². The lowest BCUT2D eigenvalue weighted by Crippen LogP contribution is -2.03. The van der Waals surface area contributed by atoms with Crippen LogP contribution in [0, 0.1) is 6.92 Å². The molecule has 4 nitrogen and oxygen atoms in total. The fraction of sp³-hybridized carbons (Fsp3) is 0.385. The first-order valence-electron chi connectivity index (χ1n) is 6.11. The van der Waals surface area contributed by atoms with Gasteiger partial charge in [0.05, 0.1) is 41.5 Å². The van der Waals surface area contributed by atoms with E-state index in [1.54, 1.807) is 11.3 Å². The second kappa shape index (κ2) is 6.35. The molecule has 18 heavy (non-hydrogen) atoms. The maximum absolute atomic E-state index is 4.24. The zero-order chi connectivity index (χ0) is 12.8. The summed E-state index contributed by atoms with van der Waals surface area (Å²) in [5.74, 6) is 0. The molecular formula is C13H18N4S. The van der Waals surface area contributed by atoms with Gasteiger partial charge < -0.3 is 10.6 Å². The fourth-order valence-corrected chi connectivity index (χ4v) is 2.30. The Bertz CT molecular complexity index is 495. The van der Waals surface area contributed by atoms with Crippen LogP contribution in [-0.4, -0.2) is 16.5 Å². The Kier molecular flexibility index (Phi) is 4.52. The van der Waals surface area contributed by atoms with Crippen LogP contribution in [0.5, 0.6) is 0 Å². The van der Waals surface area contributed by atoms with E-state index < -0.39 is 0 Å². The first-order valence-corrected chi connectivity index (χ1v) is 6.99. The summed E-state index contributed by atoms with van der Waals surface area (Å²) >= 11 is 1.68. The molecule has 0 amide bonds. The number of nitrogens with one attached hydrogen (secondary N) is 2. The van der Waals surface area contributed by atoms with Crippen molar-refractivity contribution in [3.8, 4) is 0 Å². The van der Waals surface area contributed by atoms with Crippen molar-refractivity contribution in [2.24, 2.45) is 0 Å². The number of aryl methyl sites for hydroxylation is 1. The molecule has 2 heterocycles. The van der Waals surface area contributed by atoms with Crippen molar-refractivity contribution < 1.29 is 0 Å². The van der Waals surface area contributed by atoms with E-state index in [0.717, 1.165) is 36.6 Å². The molecule has 0 fully saturated rings. The minimum atomic E-state index is 0.801. The van der Waals surface area contributed by atoms with Gasteiger partial charge in [-0.25, -0.2) is 4.98 Å². The van der Waals surface area contributed by atoms with Crippen LogP contribution < -0.4 is 10.6 Å². The van der Waals surface area contributed by atoms with E-state index in [9.17, 15) is 0 Å². The van der Waals surface area contributed by atoms with Crippen LogP contribution in [-0.2, 0) is 6.54 Å². The van der Waals surface area contributed by atoms with E-state index in [-0.39, 0.29) is 0 Å². The molecule has 0 radical (unpaired) electrons. The van der Waals surface area contributed by atoms with Gasteiger partial charge in [0.2, 0.25) is 0 Å². The van der Waals surface area contributed by atoms with E-state index in [1.807, 2.05) is 24.8 Å². The van der Waals surface area contributed by atoms with Crippen molar-refractivity contribution in [3.05, 3.63) is 34.5 Å². The smallest absolute Gasteiger partial charge is 0.0798 e. The Balaban J connectivity index is 1.95. The van der Waals surface area contributed by atoms with E-state index in [1.165, 1.54) is 4.88 Å². The summed E-state index contributed by atoms with van der Waals surface area (Å²) in [6.45, 7) is 5.95. The van der Waals surface area contributed by atoms with Crippen molar-refractivity contribution in [3.63, 3.8) is 0 Å². The van der Waals surface area contributed by atoms with Crippen molar-refractivity contribution >= 4 is 22.7 Å². The Hall–Kier alpha value is -1.62. The van der Waals surface area contributed by atoms with Gasteiger partial charge in [-0.3, -0.25) is 4.98 Å². The second-order valence-corrected chi connectivity index (χ2v) is 5.04. The van der Waals surface area contributed by atoms with Gasteiger partial charge in [0.1, 0.15) is 0 Å². The van der Waals surface area contributed by atoms with Crippen LogP contribution in [0.2, 0.25) is 0 Å². The van der Waals surface area contributed by atoms with Gasteiger partial charge in [-0.05, 0) is 19.4 Å². The van der Waals surface area contributed by atoms with Crippen molar-refractivity contribution in [1.82, 2.24) is 9.97 Å². The number of anilines is 2. The molecular weight excluding hydrogens is 244 g/mol. The highest BCUT2D eigenvalue weighted by Crippen LogP contribution is 2.17. The third kappa shape index (κ3) is 3.43. The summed E-state index contributed by atoms with van der Waals surface area (Å²) in [6.07, 6.45) is 4.80. The SMILES string of the molecule is CCCNc1cncc(NCc2scnc2C)c1. The molecule has 0 aromatic carbocycles. The Morgan fingerprint density at radius 3 is 2.67 bits per heavy atom. The summed E-state index contributed by atoms with van der Waals surface area (Å²) in [6, 6.07) is 2.08. The lowest BCUT2D eigenvalue weighted by molar-refractivity contribution is 0.977. The third-order valence-electron chi connectivity index (χ3n) is 2.62. The molecule has 2 N–H and O–H groups in total. The molecule has 96 valence electrons. The fourth-order valence-electron chi connectivity index (χ4n) is 1.58. The number of hydrogen-bond donors (Lipinski definition) is 2. The van der Waals surface area contributed by atoms with Crippen LogP contribution in [0.15, 0.2) is 24.0 Å². The summed E-state index contributed by atoms with van der Waals surface area (Å²) in [5.41, 5.74) is 5.07. The first-order chi connectivity index (χ1) is 8.79. The van der Waals surface area contributed by atoms with Gasteiger partial charge in [-0.1, -0.05) is 6.92 Å². The maximum Gasteiger partial charge on any atom is 0.0798 e. The molecule has 0 aliphatic rings. The normalized spacial score (nSPS) is 10.3. The van der Waals surface area contributed by atoms with Gasteiger partial charge >= 0.3 is 0 Å². The van der Waals surface area contributed by atoms with Crippen LogP contribution in [0.3, 0.4) is 0 Å². The molecule has 2 rings (SSSR count). The molecule has 0 saturated heterocycles. The highest BCUT2D eigenvalue weighted by atomic mass is 32.1. The largest absolute Gasteiger partial charge is 0.384 e. The molecule has 0 unspecified atom stereocenters. The minimum absolute atomic E-state index is 0.801. The lowest BCUT2D eigenvalue weighted by atomic mass is 10.3. The van der Waals surface area contributed by atoms with Crippen molar-refractivity contribution in [2.75, 3.05) is 17.2 Å². The van der Waals surface area contributed by atoms with Gasteiger partial charge in [0.25, 0.3) is 0 Å². The molecule has 2 aromatic rings. The van der Waals surface area contributed by atoms with E-state index in [2.05, 4.69) is 33.6 Å². The zero-order valence-corrected chi connectivity index (χ0v) is 11.5. The highest BCUT2D eigenvalue weighted by Gasteiger charge is 2.01. The molecule has 0 bridgehead atoms. The van der Waals surface area contributed by atoms with Gasteiger partial charge in [-0.2, -0.15) is 0 Å². The maximum atomic E-state index is 4.24. The topological polar surface area (TPSA) is 49.8 Å². The molecule has 0 aliphatic heterocycles. The number of thiazole rings is 1. The van der Waals surface area contributed by atoms with E-state index in [0.29, 0.717) is 0 Å². The zero-order valence-electron chi connectivity index (χ0n) is 10.7. The van der Waals surface area contributed by atoms with E-state index >= 15 is 0 Å². The number of nitrogens with zero attached hydrogens (tertiary/aromatic N) is 2. The van der Waals surface area contributed by atoms with Crippen LogP contribution in [0.1, 0.15) is 23.9 Å². The predicted octanol–water partition coefficient (Wildman–Crippen LogP) is 3.28. The van der Waals surface area contributed by atoms with Gasteiger partial charge in [0, 0.05) is 11.4 Å². The van der Waals surface area contributed by atoms with Crippen LogP contribution in [0.25, 0.3) is 0 Å². The summed E-state index contributed by atoms with van der Waals surface area (Å²) in [7, 11) is 0. The minimum Gasteiger partial charge on any atom is -0.384 e. The predicted molar refractivity (Wildman–Crippen MR) is 77.2 cm³/mol. The van der Waals surface area contributed by atoms with Crippen LogP contribution >= 0.6 is 11.3 Å². The first kappa shape index (κ1) is 12.8. The van der Waals surface area contributed by atoms with Crippen molar-refractivity contribution in [2.45, 2.75) is 26.8 Å². The standard InChI is InChI=1S/C13H18N4S/c1-3-4-15-11-5-12(7-14-6-11)16-8-13-10(2)17-9-18-13/h5-7,9,15-16H,3-4,8H2,1-2H3. The summed E-state index contributed by atoms with van der Waals surface area (Å²) in [5, 5.41) is 6.70. The van der Waals surface area contributed by atoms with Crippen molar-refractivity contribution in [1.29, 1.82) is 0 Å². The number of rotatable bonds is 6. The van der Waals surface area contributed by atoms with Gasteiger partial charge in [0.15, 0.2) is 0 Å². The highest BCUT2D eigenvalue weighted by molar-refractivity contribution is 7.09. The second-order valence-electron chi connectivity index (χ2n) is 4.10. The Morgan fingerprint density at radius 1 is 1.22 bits per heavy atom. The molecule has 0 atom stereocenters. The molecule has 0 aliphatic carbocycles. The molecule has 2 aromatic heterocycles. The monoisotopic (exact) mass is 262 g/mol. The molecule has 5 heteroatoms. The van der Waals surface area contributed by atoms with Gasteiger partial charge in [-0.15, -0.1) is 11.3 Å². The average Bonchev–Trinajstić information content (AvgIpc) is 2.80. The molecule has 0 spiro atoms. The quantitative estimate of drug-likeness (QED) is 0.839. The molecule has 0 saturated carbocycles.